The molecule has 0 aromatic carbocycles. The summed E-state index contributed by atoms with van der Waals surface area (Å²) in [6, 6.07) is 0.124. The number of carbonyl (C=O) groups excluding carboxylic acids is 2. The number of carbonyl (C=O) groups is 2. The van der Waals surface area contributed by atoms with E-state index >= 15 is 0 Å². The Balaban J connectivity index is 2.08. The molecule has 1 amide bonds. The Kier molecular flexibility index (Phi) is 2.07. The van der Waals surface area contributed by atoms with Crippen LogP contribution in [0.3, 0.4) is 0 Å². The quantitative estimate of drug-likeness (QED) is 0.536. The van der Waals surface area contributed by atoms with Crippen molar-refractivity contribution in [2.75, 3.05) is 13.2 Å². The van der Waals surface area contributed by atoms with Gasteiger partial charge < -0.3 is 9.64 Å². The predicted octanol–water partition coefficient (Wildman–Crippen LogP) is -0.0348. The van der Waals surface area contributed by atoms with Gasteiger partial charge in [-0.15, -0.1) is 0 Å². The summed E-state index contributed by atoms with van der Waals surface area (Å²) >= 11 is 0. The fourth-order valence-electron chi connectivity index (χ4n) is 2.04. The summed E-state index contributed by atoms with van der Waals surface area (Å²) in [6.45, 7) is 2.94. The number of ether oxygens (including phenoxy) is 1. The molecule has 0 aromatic heterocycles. The van der Waals surface area contributed by atoms with Gasteiger partial charge in [0.2, 0.25) is 5.91 Å². The van der Waals surface area contributed by atoms with Gasteiger partial charge in [0.25, 0.3) is 0 Å². The van der Waals surface area contributed by atoms with Gasteiger partial charge in [0, 0.05) is 6.61 Å². The van der Waals surface area contributed by atoms with Gasteiger partial charge in [0.05, 0.1) is 25.1 Å². The summed E-state index contributed by atoms with van der Waals surface area (Å²) in [5, 5.41) is 0. The van der Waals surface area contributed by atoms with E-state index in [0.29, 0.717) is 6.61 Å². The number of likely N-dealkylation sites (tertiary alicyclic amines) is 1. The Hall–Kier alpha value is -0.900. The number of Topliss-reactive ketones (excluding diaryl/α,β-unsaturated/α-hetero) is 1. The number of hydrogen-bond acceptors (Lipinski definition) is 3. The molecule has 0 radical (unpaired) electrons. The molecular formula is C9H13NO3. The van der Waals surface area contributed by atoms with E-state index in [1.165, 1.54) is 0 Å². The number of nitrogens with zero attached hydrogens (tertiary/aromatic N) is 1. The summed E-state index contributed by atoms with van der Waals surface area (Å²) in [4.78, 5) is 24.1. The number of ketones is 1. The van der Waals surface area contributed by atoms with Crippen LogP contribution in [0.1, 0.15) is 19.8 Å². The molecule has 0 aromatic rings. The summed E-state index contributed by atoms with van der Waals surface area (Å²) < 4.78 is 5.36. The Bertz CT molecular complexity index is 251. The highest BCUT2D eigenvalue weighted by Crippen LogP contribution is 2.22. The fourth-order valence-corrected chi connectivity index (χ4v) is 2.04. The van der Waals surface area contributed by atoms with E-state index in [0.717, 1.165) is 6.42 Å². The minimum Gasteiger partial charge on any atom is -0.376 e. The summed E-state index contributed by atoms with van der Waals surface area (Å²) in [5.74, 6) is -0.00329. The van der Waals surface area contributed by atoms with Gasteiger partial charge in [0.1, 0.15) is 0 Å². The molecule has 72 valence electrons. The smallest absolute Gasteiger partial charge is 0.230 e. The molecule has 2 aliphatic rings. The van der Waals surface area contributed by atoms with E-state index < -0.39 is 0 Å². The largest absolute Gasteiger partial charge is 0.376 e. The molecule has 4 heteroatoms. The molecule has 0 spiro atoms. The number of amides is 1. The van der Waals surface area contributed by atoms with Crippen molar-refractivity contribution in [1.29, 1.82) is 0 Å². The first-order chi connectivity index (χ1) is 6.18. The lowest BCUT2D eigenvalue weighted by molar-refractivity contribution is -0.130. The zero-order chi connectivity index (χ0) is 9.42. The van der Waals surface area contributed by atoms with Crippen LogP contribution >= 0.6 is 0 Å². The zero-order valence-corrected chi connectivity index (χ0v) is 7.66. The molecule has 0 aliphatic carbocycles. The standard InChI is InChI=1S/C9H13NO3/c1-6-8(2-3-13-6)10-5-7(11)4-9(10)12/h6,8H,2-5H2,1H3. The molecule has 0 bridgehead atoms. The van der Waals surface area contributed by atoms with E-state index in [4.69, 9.17) is 4.74 Å². The highest BCUT2D eigenvalue weighted by atomic mass is 16.5. The summed E-state index contributed by atoms with van der Waals surface area (Å²) in [6.07, 6.45) is 1.03. The van der Waals surface area contributed by atoms with Gasteiger partial charge in [-0.3, -0.25) is 9.59 Å². The molecule has 2 unspecified atom stereocenters. The van der Waals surface area contributed by atoms with E-state index in [9.17, 15) is 9.59 Å². The van der Waals surface area contributed by atoms with Gasteiger partial charge in [-0.1, -0.05) is 0 Å². The van der Waals surface area contributed by atoms with Crippen LogP contribution in [0.4, 0.5) is 0 Å². The van der Waals surface area contributed by atoms with Gasteiger partial charge in [-0.25, -0.2) is 0 Å². The Morgan fingerprint density at radius 1 is 1.46 bits per heavy atom. The lowest BCUT2D eigenvalue weighted by Gasteiger charge is -2.25. The SMILES string of the molecule is CC1OCCC1N1CC(=O)CC1=O. The van der Waals surface area contributed by atoms with Crippen molar-refractivity contribution in [3.63, 3.8) is 0 Å². The van der Waals surface area contributed by atoms with Crippen molar-refractivity contribution in [1.82, 2.24) is 4.90 Å². The lowest BCUT2D eigenvalue weighted by Crippen LogP contribution is -2.40. The Morgan fingerprint density at radius 3 is 2.69 bits per heavy atom. The van der Waals surface area contributed by atoms with Crippen LogP contribution in [-0.4, -0.2) is 41.9 Å². The highest BCUT2D eigenvalue weighted by molar-refractivity contribution is 6.05. The third kappa shape index (κ3) is 1.46. The van der Waals surface area contributed by atoms with Crippen LogP contribution in [0.2, 0.25) is 0 Å². The van der Waals surface area contributed by atoms with Crippen molar-refractivity contribution in [3.8, 4) is 0 Å². The van der Waals surface area contributed by atoms with Crippen LogP contribution in [0.15, 0.2) is 0 Å². The first-order valence-electron chi connectivity index (χ1n) is 4.61. The monoisotopic (exact) mass is 183 g/mol. The second-order valence-electron chi connectivity index (χ2n) is 3.67. The maximum atomic E-state index is 11.4. The molecule has 2 atom stereocenters. The second kappa shape index (κ2) is 3.10. The van der Waals surface area contributed by atoms with Gasteiger partial charge in [0.15, 0.2) is 5.78 Å². The molecule has 2 rings (SSSR count). The number of hydrogen-bond donors (Lipinski definition) is 0. The molecule has 2 saturated heterocycles. The number of rotatable bonds is 1. The molecule has 2 heterocycles. The van der Waals surface area contributed by atoms with E-state index in [1.54, 1.807) is 4.90 Å². The first kappa shape index (κ1) is 8.69. The maximum Gasteiger partial charge on any atom is 0.230 e. The molecular weight excluding hydrogens is 170 g/mol. The highest BCUT2D eigenvalue weighted by Gasteiger charge is 2.38. The van der Waals surface area contributed by atoms with Crippen molar-refractivity contribution in [3.05, 3.63) is 0 Å². The summed E-state index contributed by atoms with van der Waals surface area (Å²) in [7, 11) is 0. The average Bonchev–Trinajstić information content (AvgIpc) is 2.58. The van der Waals surface area contributed by atoms with Crippen molar-refractivity contribution in [2.24, 2.45) is 0 Å². The van der Waals surface area contributed by atoms with Crippen molar-refractivity contribution < 1.29 is 14.3 Å². The minimum absolute atomic E-state index is 0.0316. The minimum atomic E-state index is -0.0349. The second-order valence-corrected chi connectivity index (χ2v) is 3.67. The van der Waals surface area contributed by atoms with E-state index in [-0.39, 0.29) is 36.8 Å². The third-order valence-electron chi connectivity index (χ3n) is 2.75. The molecule has 0 saturated carbocycles. The van der Waals surface area contributed by atoms with Gasteiger partial charge >= 0.3 is 0 Å². The fraction of sp³-hybridized carbons (Fsp3) is 0.778. The Labute approximate surface area is 76.8 Å². The van der Waals surface area contributed by atoms with Crippen LogP contribution in [0.5, 0.6) is 0 Å². The van der Waals surface area contributed by atoms with E-state index in [1.807, 2.05) is 6.92 Å². The topological polar surface area (TPSA) is 46.6 Å². The van der Waals surface area contributed by atoms with Crippen LogP contribution in [0, 0.1) is 0 Å². The van der Waals surface area contributed by atoms with Gasteiger partial charge in [-0.2, -0.15) is 0 Å². The van der Waals surface area contributed by atoms with Crippen molar-refractivity contribution in [2.45, 2.75) is 31.9 Å². The van der Waals surface area contributed by atoms with Crippen LogP contribution in [-0.2, 0) is 14.3 Å². The molecule has 2 aliphatic heterocycles. The zero-order valence-electron chi connectivity index (χ0n) is 7.66. The predicted molar refractivity (Wildman–Crippen MR) is 45.2 cm³/mol. The maximum absolute atomic E-state index is 11.4. The molecule has 13 heavy (non-hydrogen) atoms. The van der Waals surface area contributed by atoms with Crippen molar-refractivity contribution >= 4 is 11.7 Å². The normalized spacial score (nSPS) is 34.7. The third-order valence-corrected chi connectivity index (χ3v) is 2.75. The molecule has 2 fully saturated rings. The molecule has 0 N–H and O–H groups in total. The lowest BCUT2D eigenvalue weighted by atomic mass is 10.1. The Morgan fingerprint density at radius 2 is 2.23 bits per heavy atom. The van der Waals surface area contributed by atoms with Gasteiger partial charge in [-0.05, 0) is 13.3 Å². The van der Waals surface area contributed by atoms with Crippen LogP contribution < -0.4 is 0 Å². The first-order valence-corrected chi connectivity index (χ1v) is 4.61. The molecule has 4 nitrogen and oxygen atoms in total. The van der Waals surface area contributed by atoms with Crippen LogP contribution in [0.25, 0.3) is 0 Å². The average molecular weight is 183 g/mol. The van der Waals surface area contributed by atoms with E-state index in [2.05, 4.69) is 0 Å². The summed E-state index contributed by atoms with van der Waals surface area (Å²) in [5.41, 5.74) is 0.